The van der Waals surface area contributed by atoms with Gasteiger partial charge in [0.25, 0.3) is 0 Å². The zero-order valence-electron chi connectivity index (χ0n) is 9.79. The molecule has 0 saturated heterocycles. The molecule has 1 aromatic heterocycles. The second kappa shape index (κ2) is 5.63. The number of amidine groups is 1. The summed E-state index contributed by atoms with van der Waals surface area (Å²) in [5, 5.41) is 11.5. The highest BCUT2D eigenvalue weighted by atomic mass is 16.4. The van der Waals surface area contributed by atoms with E-state index in [9.17, 15) is 0 Å². The molecule has 17 heavy (non-hydrogen) atoms. The first-order valence-electron chi connectivity index (χ1n) is 5.89. The SMILES string of the molecule is NC(CCN(Cc1ccncc1)C1CC1)=NO. The first-order chi connectivity index (χ1) is 8.29. The number of rotatable bonds is 6. The Morgan fingerprint density at radius 1 is 1.47 bits per heavy atom. The quantitative estimate of drug-likeness (QED) is 0.335. The molecule has 1 fully saturated rings. The van der Waals surface area contributed by atoms with E-state index in [1.54, 1.807) is 0 Å². The predicted octanol–water partition coefficient (Wildman–Crippen LogP) is 1.18. The molecule has 1 saturated carbocycles. The normalized spacial score (nSPS) is 16.4. The fourth-order valence-electron chi connectivity index (χ4n) is 1.86. The summed E-state index contributed by atoms with van der Waals surface area (Å²) in [5.41, 5.74) is 6.75. The van der Waals surface area contributed by atoms with Gasteiger partial charge in [-0.05, 0) is 30.5 Å². The van der Waals surface area contributed by atoms with Crippen molar-refractivity contribution in [2.75, 3.05) is 6.54 Å². The van der Waals surface area contributed by atoms with Crippen LogP contribution in [0.1, 0.15) is 24.8 Å². The Bertz CT molecular complexity index is 375. The lowest BCUT2D eigenvalue weighted by Crippen LogP contribution is -2.29. The molecule has 0 radical (unpaired) electrons. The lowest BCUT2D eigenvalue weighted by Gasteiger charge is -2.21. The smallest absolute Gasteiger partial charge is 0.140 e. The Hall–Kier alpha value is -1.62. The first kappa shape index (κ1) is 11.9. The maximum Gasteiger partial charge on any atom is 0.140 e. The molecule has 0 amide bonds. The van der Waals surface area contributed by atoms with E-state index >= 15 is 0 Å². The maximum atomic E-state index is 8.53. The van der Waals surface area contributed by atoms with E-state index in [0.717, 1.165) is 13.1 Å². The molecule has 1 heterocycles. The highest BCUT2D eigenvalue weighted by molar-refractivity contribution is 5.79. The molecule has 0 bridgehead atoms. The summed E-state index contributed by atoms with van der Waals surface area (Å²) < 4.78 is 0. The number of aromatic nitrogens is 1. The molecule has 0 aliphatic heterocycles. The second-order valence-electron chi connectivity index (χ2n) is 4.40. The number of nitrogens with two attached hydrogens (primary N) is 1. The largest absolute Gasteiger partial charge is 0.409 e. The van der Waals surface area contributed by atoms with Gasteiger partial charge in [-0.25, -0.2) is 0 Å². The predicted molar refractivity (Wildman–Crippen MR) is 65.7 cm³/mol. The van der Waals surface area contributed by atoms with Gasteiger partial charge >= 0.3 is 0 Å². The van der Waals surface area contributed by atoms with Crippen LogP contribution in [0.5, 0.6) is 0 Å². The van der Waals surface area contributed by atoms with E-state index in [4.69, 9.17) is 10.9 Å². The second-order valence-corrected chi connectivity index (χ2v) is 4.40. The molecule has 0 spiro atoms. The van der Waals surface area contributed by atoms with Gasteiger partial charge in [-0.2, -0.15) is 0 Å². The van der Waals surface area contributed by atoms with E-state index in [1.165, 1.54) is 18.4 Å². The Kier molecular flexibility index (Phi) is 3.93. The van der Waals surface area contributed by atoms with E-state index in [0.29, 0.717) is 18.3 Å². The highest BCUT2D eigenvalue weighted by Gasteiger charge is 2.28. The summed E-state index contributed by atoms with van der Waals surface area (Å²) in [6.45, 7) is 1.74. The van der Waals surface area contributed by atoms with Crippen LogP contribution in [0, 0.1) is 0 Å². The van der Waals surface area contributed by atoms with Crippen LogP contribution >= 0.6 is 0 Å². The minimum Gasteiger partial charge on any atom is -0.409 e. The van der Waals surface area contributed by atoms with Gasteiger partial charge in [0.15, 0.2) is 0 Å². The Labute approximate surface area is 101 Å². The average Bonchev–Trinajstić information content (AvgIpc) is 3.19. The summed E-state index contributed by atoms with van der Waals surface area (Å²) in [6.07, 6.45) is 6.73. The van der Waals surface area contributed by atoms with Crippen molar-refractivity contribution in [3.63, 3.8) is 0 Å². The van der Waals surface area contributed by atoms with Crippen molar-refractivity contribution in [3.8, 4) is 0 Å². The molecule has 92 valence electrons. The van der Waals surface area contributed by atoms with Crippen molar-refractivity contribution < 1.29 is 5.21 Å². The molecule has 5 nitrogen and oxygen atoms in total. The molecule has 1 aliphatic carbocycles. The lowest BCUT2D eigenvalue weighted by molar-refractivity contribution is 0.259. The van der Waals surface area contributed by atoms with Gasteiger partial charge in [0.2, 0.25) is 0 Å². The number of nitrogens with zero attached hydrogens (tertiary/aromatic N) is 3. The van der Waals surface area contributed by atoms with E-state index < -0.39 is 0 Å². The minimum atomic E-state index is 0.297. The zero-order chi connectivity index (χ0) is 12.1. The number of oxime groups is 1. The summed E-state index contributed by atoms with van der Waals surface area (Å²) in [4.78, 5) is 6.39. The topological polar surface area (TPSA) is 74.7 Å². The van der Waals surface area contributed by atoms with Crippen molar-refractivity contribution in [1.82, 2.24) is 9.88 Å². The standard InChI is InChI=1S/C12H18N4O/c13-12(15-17)5-8-16(11-1-2-11)9-10-3-6-14-7-4-10/h3-4,6-7,11,17H,1-2,5,8-9H2,(H2,13,15). The monoisotopic (exact) mass is 234 g/mol. The van der Waals surface area contributed by atoms with Gasteiger partial charge in [-0.3, -0.25) is 9.88 Å². The average molecular weight is 234 g/mol. The third-order valence-corrected chi connectivity index (χ3v) is 2.98. The Balaban J connectivity index is 1.89. The maximum absolute atomic E-state index is 8.53. The summed E-state index contributed by atoms with van der Waals surface area (Å²) in [5.74, 6) is 0.297. The number of hydrogen-bond acceptors (Lipinski definition) is 4. The van der Waals surface area contributed by atoms with Crippen LogP contribution < -0.4 is 5.73 Å². The third-order valence-electron chi connectivity index (χ3n) is 2.98. The van der Waals surface area contributed by atoms with Gasteiger partial charge in [-0.1, -0.05) is 5.16 Å². The van der Waals surface area contributed by atoms with Crippen LogP contribution in [-0.4, -0.2) is 33.5 Å². The highest BCUT2D eigenvalue weighted by Crippen LogP contribution is 2.28. The van der Waals surface area contributed by atoms with Crippen LogP contribution in [0.3, 0.4) is 0 Å². The molecular weight excluding hydrogens is 216 g/mol. The van der Waals surface area contributed by atoms with E-state index in [-0.39, 0.29) is 0 Å². The van der Waals surface area contributed by atoms with Crippen LogP contribution in [0.25, 0.3) is 0 Å². The van der Waals surface area contributed by atoms with Gasteiger partial charge in [0.05, 0.1) is 0 Å². The fourth-order valence-corrected chi connectivity index (χ4v) is 1.86. The van der Waals surface area contributed by atoms with Gasteiger partial charge < -0.3 is 10.9 Å². The van der Waals surface area contributed by atoms with Crippen molar-refractivity contribution in [1.29, 1.82) is 0 Å². The lowest BCUT2D eigenvalue weighted by atomic mass is 10.2. The van der Waals surface area contributed by atoms with Crippen LogP contribution in [-0.2, 0) is 6.54 Å². The molecule has 0 atom stereocenters. The molecule has 1 aliphatic rings. The fraction of sp³-hybridized carbons (Fsp3) is 0.500. The molecule has 3 N–H and O–H groups in total. The van der Waals surface area contributed by atoms with E-state index in [2.05, 4.69) is 15.0 Å². The molecule has 2 rings (SSSR count). The minimum absolute atomic E-state index is 0.297. The van der Waals surface area contributed by atoms with Gasteiger partial charge in [0.1, 0.15) is 5.84 Å². The molecule has 1 aromatic rings. The van der Waals surface area contributed by atoms with Crippen molar-refractivity contribution >= 4 is 5.84 Å². The first-order valence-corrected chi connectivity index (χ1v) is 5.89. The third kappa shape index (κ3) is 3.71. The van der Waals surface area contributed by atoms with Crippen molar-refractivity contribution in [3.05, 3.63) is 30.1 Å². The van der Waals surface area contributed by atoms with Crippen LogP contribution in [0.15, 0.2) is 29.7 Å². The number of pyridine rings is 1. The van der Waals surface area contributed by atoms with Crippen LogP contribution in [0.2, 0.25) is 0 Å². The Morgan fingerprint density at radius 3 is 2.76 bits per heavy atom. The van der Waals surface area contributed by atoms with E-state index in [1.807, 2.05) is 24.5 Å². The zero-order valence-corrected chi connectivity index (χ0v) is 9.79. The molecular formula is C12H18N4O. The van der Waals surface area contributed by atoms with Gasteiger partial charge in [0, 0.05) is 37.9 Å². The molecule has 5 heteroatoms. The van der Waals surface area contributed by atoms with Crippen molar-refractivity contribution in [2.45, 2.75) is 31.8 Å². The summed E-state index contributed by atoms with van der Waals surface area (Å²) >= 11 is 0. The molecule has 0 aromatic carbocycles. The summed E-state index contributed by atoms with van der Waals surface area (Å²) in [6, 6.07) is 4.72. The van der Waals surface area contributed by atoms with Crippen LogP contribution in [0.4, 0.5) is 0 Å². The molecule has 0 unspecified atom stereocenters. The number of hydrogen-bond donors (Lipinski definition) is 2. The van der Waals surface area contributed by atoms with Gasteiger partial charge in [-0.15, -0.1) is 0 Å². The van der Waals surface area contributed by atoms with Crippen molar-refractivity contribution in [2.24, 2.45) is 10.9 Å². The Morgan fingerprint density at radius 2 is 2.18 bits per heavy atom. The summed E-state index contributed by atoms with van der Waals surface area (Å²) in [7, 11) is 0.